The summed E-state index contributed by atoms with van der Waals surface area (Å²) in [4.78, 5) is 0. The molecule has 4 nitrogen and oxygen atoms in total. The Labute approximate surface area is 109 Å². The Kier molecular flexibility index (Phi) is 5.78. The van der Waals surface area contributed by atoms with Gasteiger partial charge < -0.3 is 5.11 Å². The van der Waals surface area contributed by atoms with Crippen LogP contribution in [0.4, 0.5) is 0 Å². The maximum atomic E-state index is 11.8. The molecule has 0 amide bonds. The van der Waals surface area contributed by atoms with Gasteiger partial charge in [0.15, 0.2) is 0 Å². The van der Waals surface area contributed by atoms with E-state index in [4.69, 9.17) is 0 Å². The van der Waals surface area contributed by atoms with E-state index in [9.17, 15) is 13.5 Å². The lowest BCUT2D eigenvalue weighted by atomic mass is 10.1. The van der Waals surface area contributed by atoms with Crippen LogP contribution in [0.15, 0.2) is 30.3 Å². The molecule has 0 radical (unpaired) electrons. The molecule has 0 aliphatic carbocycles. The monoisotopic (exact) mass is 271 g/mol. The molecule has 2 N–H and O–H groups in total. The summed E-state index contributed by atoms with van der Waals surface area (Å²) in [7, 11) is -3.38. The SMILES string of the molecule is CC(C)CC(O)CNS(=O)(=O)Cc1ccccc1. The van der Waals surface area contributed by atoms with Crippen LogP contribution in [-0.2, 0) is 15.8 Å². The number of hydrogen-bond acceptors (Lipinski definition) is 3. The van der Waals surface area contributed by atoms with Crippen molar-refractivity contribution < 1.29 is 13.5 Å². The molecule has 1 atom stereocenters. The van der Waals surface area contributed by atoms with Crippen LogP contribution in [0.5, 0.6) is 0 Å². The molecule has 0 saturated carbocycles. The normalized spacial score (nSPS) is 13.8. The van der Waals surface area contributed by atoms with Gasteiger partial charge in [-0.3, -0.25) is 0 Å². The topological polar surface area (TPSA) is 66.4 Å². The Balaban J connectivity index is 2.46. The van der Waals surface area contributed by atoms with Crippen molar-refractivity contribution in [3.05, 3.63) is 35.9 Å². The molecule has 1 rings (SSSR count). The van der Waals surface area contributed by atoms with Crippen molar-refractivity contribution in [3.8, 4) is 0 Å². The highest BCUT2D eigenvalue weighted by Crippen LogP contribution is 2.06. The van der Waals surface area contributed by atoms with Crippen LogP contribution in [0.1, 0.15) is 25.8 Å². The van der Waals surface area contributed by atoms with E-state index in [2.05, 4.69) is 4.72 Å². The van der Waals surface area contributed by atoms with Crippen molar-refractivity contribution in [1.82, 2.24) is 4.72 Å². The standard InChI is InChI=1S/C13H21NO3S/c1-11(2)8-13(15)9-14-18(16,17)10-12-6-4-3-5-7-12/h3-7,11,13-15H,8-10H2,1-2H3. The lowest BCUT2D eigenvalue weighted by Gasteiger charge is -2.14. The number of nitrogens with one attached hydrogen (secondary N) is 1. The molecule has 5 heteroatoms. The molecule has 0 heterocycles. The molecule has 0 aromatic heterocycles. The Hall–Kier alpha value is -0.910. The highest BCUT2D eigenvalue weighted by molar-refractivity contribution is 7.88. The molecule has 0 saturated heterocycles. The maximum absolute atomic E-state index is 11.8. The zero-order valence-electron chi connectivity index (χ0n) is 10.8. The third-order valence-electron chi connectivity index (χ3n) is 2.48. The molecule has 0 aliphatic rings. The van der Waals surface area contributed by atoms with Crippen LogP contribution in [0.25, 0.3) is 0 Å². The van der Waals surface area contributed by atoms with Gasteiger partial charge in [-0.05, 0) is 17.9 Å². The summed E-state index contributed by atoms with van der Waals surface area (Å²) in [5.41, 5.74) is 0.739. The fourth-order valence-electron chi connectivity index (χ4n) is 1.70. The van der Waals surface area contributed by atoms with Gasteiger partial charge in [0.2, 0.25) is 10.0 Å². The second-order valence-electron chi connectivity index (χ2n) is 4.88. The minimum absolute atomic E-state index is 0.0533. The smallest absolute Gasteiger partial charge is 0.215 e. The van der Waals surface area contributed by atoms with Crippen LogP contribution < -0.4 is 4.72 Å². The van der Waals surface area contributed by atoms with Crippen molar-refractivity contribution in [3.63, 3.8) is 0 Å². The first-order valence-electron chi connectivity index (χ1n) is 6.08. The second kappa shape index (κ2) is 6.87. The summed E-state index contributed by atoms with van der Waals surface area (Å²) in [5, 5.41) is 9.62. The van der Waals surface area contributed by atoms with Gasteiger partial charge >= 0.3 is 0 Å². The summed E-state index contributed by atoms with van der Waals surface area (Å²) in [6, 6.07) is 8.99. The highest BCUT2D eigenvalue weighted by Gasteiger charge is 2.14. The summed E-state index contributed by atoms with van der Waals surface area (Å²) in [5.74, 6) is 0.293. The first-order chi connectivity index (χ1) is 8.39. The molecule has 18 heavy (non-hydrogen) atoms. The Bertz CT molecular complexity index is 443. The van der Waals surface area contributed by atoms with E-state index in [1.54, 1.807) is 24.3 Å². The fraction of sp³-hybridized carbons (Fsp3) is 0.538. The second-order valence-corrected chi connectivity index (χ2v) is 6.68. The van der Waals surface area contributed by atoms with Crippen LogP contribution in [-0.4, -0.2) is 26.2 Å². The van der Waals surface area contributed by atoms with Crippen molar-refractivity contribution in [2.75, 3.05) is 6.54 Å². The van der Waals surface area contributed by atoms with Gasteiger partial charge in [0.25, 0.3) is 0 Å². The third kappa shape index (κ3) is 6.14. The predicted molar refractivity (Wildman–Crippen MR) is 72.5 cm³/mol. The number of aliphatic hydroxyl groups is 1. The van der Waals surface area contributed by atoms with Crippen molar-refractivity contribution in [1.29, 1.82) is 0 Å². The molecule has 0 aliphatic heterocycles. The van der Waals surface area contributed by atoms with Gasteiger partial charge in [0.1, 0.15) is 0 Å². The predicted octanol–water partition coefficient (Wildman–Crippen LogP) is 1.51. The molecule has 0 spiro atoms. The van der Waals surface area contributed by atoms with Gasteiger partial charge in [-0.2, -0.15) is 0 Å². The minimum Gasteiger partial charge on any atom is -0.392 e. The van der Waals surface area contributed by atoms with E-state index in [0.29, 0.717) is 12.3 Å². The molecule has 1 unspecified atom stereocenters. The van der Waals surface area contributed by atoms with E-state index >= 15 is 0 Å². The van der Waals surface area contributed by atoms with Gasteiger partial charge in [-0.1, -0.05) is 44.2 Å². The summed E-state index contributed by atoms with van der Waals surface area (Å²) < 4.78 is 26.0. The summed E-state index contributed by atoms with van der Waals surface area (Å²) in [6.45, 7) is 4.05. The number of hydrogen-bond donors (Lipinski definition) is 2. The average Bonchev–Trinajstić information content (AvgIpc) is 2.26. The van der Waals surface area contributed by atoms with Gasteiger partial charge in [-0.25, -0.2) is 13.1 Å². The van der Waals surface area contributed by atoms with Crippen LogP contribution in [0.2, 0.25) is 0 Å². The van der Waals surface area contributed by atoms with E-state index in [-0.39, 0.29) is 12.3 Å². The minimum atomic E-state index is -3.38. The summed E-state index contributed by atoms with van der Waals surface area (Å²) >= 11 is 0. The lowest BCUT2D eigenvalue weighted by molar-refractivity contribution is 0.152. The van der Waals surface area contributed by atoms with Gasteiger partial charge in [0.05, 0.1) is 11.9 Å². The van der Waals surface area contributed by atoms with Crippen molar-refractivity contribution in [2.45, 2.75) is 32.1 Å². The van der Waals surface area contributed by atoms with Crippen LogP contribution in [0, 0.1) is 5.92 Å². The van der Waals surface area contributed by atoms with Gasteiger partial charge in [0, 0.05) is 6.54 Å². The lowest BCUT2D eigenvalue weighted by Crippen LogP contribution is -2.33. The number of benzene rings is 1. The largest absolute Gasteiger partial charge is 0.392 e. The molecule has 1 aromatic rings. The molecular weight excluding hydrogens is 250 g/mol. The maximum Gasteiger partial charge on any atom is 0.215 e. The van der Waals surface area contributed by atoms with Crippen molar-refractivity contribution >= 4 is 10.0 Å². The fourth-order valence-corrected chi connectivity index (χ4v) is 2.87. The van der Waals surface area contributed by atoms with E-state index < -0.39 is 16.1 Å². The van der Waals surface area contributed by atoms with Crippen LogP contribution >= 0.6 is 0 Å². The Morgan fingerprint density at radius 1 is 1.22 bits per heavy atom. The van der Waals surface area contributed by atoms with E-state index in [1.807, 2.05) is 19.9 Å². The first-order valence-corrected chi connectivity index (χ1v) is 7.73. The number of rotatable bonds is 7. The number of aliphatic hydroxyl groups excluding tert-OH is 1. The van der Waals surface area contributed by atoms with Crippen LogP contribution in [0.3, 0.4) is 0 Å². The van der Waals surface area contributed by atoms with Crippen molar-refractivity contribution in [2.24, 2.45) is 5.92 Å². The zero-order chi connectivity index (χ0) is 13.6. The van der Waals surface area contributed by atoms with Gasteiger partial charge in [-0.15, -0.1) is 0 Å². The molecule has 0 bridgehead atoms. The molecule has 1 aromatic carbocycles. The third-order valence-corrected chi connectivity index (χ3v) is 3.80. The average molecular weight is 271 g/mol. The van der Waals surface area contributed by atoms with E-state index in [1.165, 1.54) is 0 Å². The quantitative estimate of drug-likeness (QED) is 0.790. The highest BCUT2D eigenvalue weighted by atomic mass is 32.2. The Morgan fingerprint density at radius 2 is 1.83 bits per heavy atom. The molecule has 0 fully saturated rings. The van der Waals surface area contributed by atoms with E-state index in [0.717, 1.165) is 5.56 Å². The number of sulfonamides is 1. The Morgan fingerprint density at radius 3 is 2.39 bits per heavy atom. The molecular formula is C13H21NO3S. The summed E-state index contributed by atoms with van der Waals surface area (Å²) in [6.07, 6.45) is -0.0380. The zero-order valence-corrected chi connectivity index (χ0v) is 11.7. The first kappa shape index (κ1) is 15.1. The molecule has 102 valence electrons.